The molecule has 6 atom stereocenters. The molecule has 1 saturated heterocycles. The lowest BCUT2D eigenvalue weighted by molar-refractivity contribution is -0.156. The van der Waals surface area contributed by atoms with Gasteiger partial charge in [0.05, 0.1) is 19.1 Å². The van der Waals surface area contributed by atoms with Gasteiger partial charge in [-0.1, -0.05) is 24.8 Å². The van der Waals surface area contributed by atoms with Crippen LogP contribution in [0.5, 0.6) is 5.75 Å². The van der Waals surface area contributed by atoms with Gasteiger partial charge in [0.1, 0.15) is 29.6 Å². The summed E-state index contributed by atoms with van der Waals surface area (Å²) >= 11 is 7.39. The quantitative estimate of drug-likeness (QED) is 0.228. The Morgan fingerprint density at radius 2 is 2.08 bits per heavy atom. The number of para-hydroxylation sites is 1. The normalized spacial score (nSPS) is 27.5. The lowest BCUT2D eigenvalue weighted by Crippen LogP contribution is -2.53. The number of esters is 1. The number of nitrogens with one attached hydrogen (secondary N) is 1. The van der Waals surface area contributed by atoms with Crippen LogP contribution in [0.15, 0.2) is 54.8 Å². The lowest BCUT2D eigenvalue weighted by Gasteiger charge is -2.35. The van der Waals surface area contributed by atoms with E-state index >= 15 is 0 Å². The number of aliphatic hydroxyl groups is 2. The van der Waals surface area contributed by atoms with Gasteiger partial charge in [0.25, 0.3) is 0 Å². The van der Waals surface area contributed by atoms with Gasteiger partial charge in [0.15, 0.2) is 6.23 Å². The van der Waals surface area contributed by atoms with Crippen molar-refractivity contribution in [3.05, 3.63) is 54.8 Å². The fourth-order valence-electron chi connectivity index (χ4n) is 4.06. The number of ether oxygens (including phenoxy) is 2. The zero-order valence-corrected chi connectivity index (χ0v) is 25.0. The third kappa shape index (κ3) is 8.37. The van der Waals surface area contributed by atoms with Gasteiger partial charge in [-0.15, -0.1) is 0 Å². The molecule has 2 aliphatic heterocycles. The van der Waals surface area contributed by atoms with Crippen LogP contribution in [0.4, 0.5) is 0 Å². The highest BCUT2D eigenvalue weighted by molar-refractivity contribution is 8.09. The second-order valence-electron chi connectivity index (χ2n) is 9.80. The SMILES string of the molecule is C=C1C=CN([C@@H]2O[C@H](COP(=S)(NC(CCSC)C(=O)OC(C)C)Oc3ccccc3)[C@@H](O)[C@@]2(C)O)C(=O)C1. The molecule has 216 valence electrons. The van der Waals surface area contributed by atoms with E-state index in [-0.39, 0.29) is 25.0 Å². The second-order valence-corrected chi connectivity index (χ2v) is 13.9. The van der Waals surface area contributed by atoms with E-state index in [4.69, 9.17) is 30.3 Å². The van der Waals surface area contributed by atoms with Crippen molar-refractivity contribution in [1.82, 2.24) is 9.99 Å². The number of rotatable bonds is 13. The Balaban J connectivity index is 1.81. The molecule has 1 fully saturated rings. The molecule has 3 N–H and O–H groups in total. The van der Waals surface area contributed by atoms with Crippen LogP contribution in [-0.4, -0.2) is 81.8 Å². The molecular weight excluding hydrogens is 563 g/mol. The van der Waals surface area contributed by atoms with Gasteiger partial charge >= 0.3 is 12.6 Å². The van der Waals surface area contributed by atoms with Crippen molar-refractivity contribution in [2.45, 2.75) is 69.8 Å². The molecule has 0 saturated carbocycles. The molecule has 2 unspecified atom stereocenters. The number of amides is 1. The monoisotopic (exact) mass is 600 g/mol. The van der Waals surface area contributed by atoms with Crippen LogP contribution in [0.1, 0.15) is 33.6 Å². The maximum absolute atomic E-state index is 12.9. The first-order chi connectivity index (χ1) is 18.4. The molecule has 1 aromatic carbocycles. The fraction of sp³-hybridized carbons (Fsp3) is 0.538. The van der Waals surface area contributed by atoms with Crippen molar-refractivity contribution in [1.29, 1.82) is 0 Å². The van der Waals surface area contributed by atoms with Crippen LogP contribution in [0, 0.1) is 0 Å². The molecule has 1 amide bonds. The molecule has 0 radical (unpaired) electrons. The van der Waals surface area contributed by atoms with E-state index < -0.39 is 42.7 Å². The Morgan fingerprint density at radius 3 is 2.69 bits per heavy atom. The number of thioether (sulfide) groups is 1. The van der Waals surface area contributed by atoms with Gasteiger partial charge in [-0.25, -0.2) is 5.09 Å². The summed E-state index contributed by atoms with van der Waals surface area (Å²) in [6.07, 6.45) is 1.61. The van der Waals surface area contributed by atoms with Crippen LogP contribution >= 0.6 is 18.4 Å². The van der Waals surface area contributed by atoms with Gasteiger partial charge in [-0.05, 0) is 74.8 Å². The molecule has 0 spiro atoms. The van der Waals surface area contributed by atoms with E-state index in [1.54, 1.807) is 56.0 Å². The van der Waals surface area contributed by atoms with E-state index in [0.29, 0.717) is 23.5 Å². The van der Waals surface area contributed by atoms with Crippen LogP contribution in [0.25, 0.3) is 0 Å². The highest BCUT2D eigenvalue weighted by Gasteiger charge is 2.55. The summed E-state index contributed by atoms with van der Waals surface area (Å²) in [7, 11) is 0. The maximum atomic E-state index is 12.9. The van der Waals surface area contributed by atoms with Gasteiger partial charge in [0, 0.05) is 6.20 Å². The molecule has 13 heteroatoms. The zero-order valence-electron chi connectivity index (χ0n) is 22.5. The maximum Gasteiger partial charge on any atom is 0.323 e. The van der Waals surface area contributed by atoms with Gasteiger partial charge < -0.3 is 28.7 Å². The average molecular weight is 601 g/mol. The minimum Gasteiger partial charge on any atom is -0.462 e. The van der Waals surface area contributed by atoms with Gasteiger partial charge in [-0.2, -0.15) is 11.8 Å². The number of hydrogen-bond donors (Lipinski definition) is 3. The van der Waals surface area contributed by atoms with Crippen LogP contribution < -0.4 is 9.61 Å². The molecule has 0 aliphatic carbocycles. The molecule has 2 heterocycles. The molecular formula is C26H37N2O8PS2. The summed E-state index contributed by atoms with van der Waals surface area (Å²) in [5.74, 6) is 0.285. The summed E-state index contributed by atoms with van der Waals surface area (Å²) in [6.45, 7) is 4.98. The molecule has 2 aliphatic rings. The van der Waals surface area contributed by atoms with E-state index in [0.717, 1.165) is 0 Å². The van der Waals surface area contributed by atoms with Crippen LogP contribution in [0.3, 0.4) is 0 Å². The van der Waals surface area contributed by atoms with E-state index in [9.17, 15) is 19.8 Å². The summed E-state index contributed by atoms with van der Waals surface area (Å²) in [6, 6.07) is 7.98. The number of carbonyl (C=O) groups is 2. The van der Waals surface area contributed by atoms with Crippen molar-refractivity contribution in [3.8, 4) is 5.75 Å². The Bertz CT molecular complexity index is 1100. The molecule has 10 nitrogen and oxygen atoms in total. The molecule has 0 bridgehead atoms. The number of nitrogens with zero attached hydrogens (tertiary/aromatic N) is 1. The van der Waals surface area contributed by atoms with Gasteiger partial charge in [0.2, 0.25) is 5.91 Å². The van der Waals surface area contributed by atoms with E-state index in [1.807, 2.05) is 12.3 Å². The Morgan fingerprint density at radius 1 is 1.38 bits per heavy atom. The van der Waals surface area contributed by atoms with Crippen molar-refractivity contribution in [3.63, 3.8) is 0 Å². The molecule has 3 rings (SSSR count). The van der Waals surface area contributed by atoms with Crippen molar-refractivity contribution in [2.75, 3.05) is 18.6 Å². The second kappa shape index (κ2) is 13.7. The largest absolute Gasteiger partial charge is 0.462 e. The lowest BCUT2D eigenvalue weighted by atomic mass is 9.95. The van der Waals surface area contributed by atoms with Crippen LogP contribution in [-0.2, 0) is 35.4 Å². The Kier molecular flexibility index (Phi) is 11.2. The molecule has 0 aromatic heterocycles. The topological polar surface area (TPSA) is 127 Å². The van der Waals surface area contributed by atoms with Crippen LogP contribution in [0.2, 0.25) is 0 Å². The molecule has 39 heavy (non-hydrogen) atoms. The summed E-state index contributed by atoms with van der Waals surface area (Å²) in [5, 5.41) is 25.1. The average Bonchev–Trinajstić information content (AvgIpc) is 3.09. The van der Waals surface area contributed by atoms with Crippen molar-refractivity contribution in [2.24, 2.45) is 0 Å². The first-order valence-corrected chi connectivity index (χ1v) is 16.6. The predicted molar refractivity (Wildman–Crippen MR) is 153 cm³/mol. The van der Waals surface area contributed by atoms with Crippen molar-refractivity contribution < 1.29 is 38.3 Å². The van der Waals surface area contributed by atoms with Crippen molar-refractivity contribution >= 4 is 42.1 Å². The zero-order chi connectivity index (χ0) is 28.8. The third-order valence-corrected chi connectivity index (χ3v) is 9.15. The Hall–Kier alpha value is -1.76. The summed E-state index contributed by atoms with van der Waals surface area (Å²) in [4.78, 5) is 26.7. The minimum absolute atomic E-state index is 0.0727. The fourth-order valence-corrected chi connectivity index (χ4v) is 6.89. The standard InChI is InChI=1S/C26H37N2O8PS2/c1-17(2)34-24(31)20(12-14-39-5)27-37(38,36-19-9-7-6-8-10-19)33-16-21-23(30)26(4,32)25(35-21)28-13-11-18(3)15-22(28)29/h6-11,13,17,20-21,23,25,30,32H,3,12,14-16H2,1-2,4-5H3,(H,27,38)/t20?,21-,23-,25-,26-,37?/m1/s1. The highest BCUT2D eigenvalue weighted by Crippen LogP contribution is 2.47. The number of hydrogen-bond acceptors (Lipinski definition) is 10. The number of carbonyl (C=O) groups excluding carboxylic acids is 2. The smallest absolute Gasteiger partial charge is 0.323 e. The predicted octanol–water partition coefficient (Wildman–Crippen LogP) is 3.11. The third-order valence-electron chi connectivity index (χ3n) is 6.08. The Labute approximate surface area is 238 Å². The summed E-state index contributed by atoms with van der Waals surface area (Å²) < 4.78 is 23.5. The molecule has 1 aromatic rings. The highest BCUT2D eigenvalue weighted by atomic mass is 32.5. The first kappa shape index (κ1) is 31.8. The number of aliphatic hydroxyl groups excluding tert-OH is 1. The van der Waals surface area contributed by atoms with Gasteiger partial charge in [-0.3, -0.25) is 14.5 Å². The van der Waals surface area contributed by atoms with E-state index in [1.165, 1.54) is 18.0 Å². The minimum atomic E-state index is -3.43. The number of allylic oxidation sites excluding steroid dienone is 1. The van der Waals surface area contributed by atoms with E-state index in [2.05, 4.69) is 11.7 Å². The number of benzene rings is 1. The first-order valence-electron chi connectivity index (χ1n) is 12.6. The summed E-state index contributed by atoms with van der Waals surface area (Å²) in [5.41, 5.74) is -1.17.